The number of nitrogens with zero attached hydrogens (tertiary/aromatic N) is 2. The van der Waals surface area contributed by atoms with Crippen LogP contribution in [0.5, 0.6) is 0 Å². The number of amides is 4. The lowest BCUT2D eigenvalue weighted by molar-refractivity contribution is -0.138. The molecule has 1 aliphatic heterocycles. The predicted molar refractivity (Wildman–Crippen MR) is 106 cm³/mol. The van der Waals surface area contributed by atoms with Gasteiger partial charge in [0.2, 0.25) is 5.91 Å². The molecule has 1 N–H and O–H groups in total. The van der Waals surface area contributed by atoms with Crippen molar-refractivity contribution in [1.29, 1.82) is 0 Å². The lowest BCUT2D eigenvalue weighted by Crippen LogP contribution is -2.43. The third kappa shape index (κ3) is 3.63. The van der Waals surface area contributed by atoms with E-state index in [2.05, 4.69) is 5.32 Å². The summed E-state index contributed by atoms with van der Waals surface area (Å²) in [7, 11) is 1.67. The molecule has 3 rings (SSSR count). The van der Waals surface area contributed by atoms with Crippen LogP contribution in [0.1, 0.15) is 29.2 Å². The van der Waals surface area contributed by atoms with Gasteiger partial charge in [-0.3, -0.25) is 14.5 Å². The van der Waals surface area contributed by atoms with Crippen LogP contribution in [0.15, 0.2) is 48.5 Å². The molecule has 2 aromatic rings. The number of imide groups is 1. The molecule has 1 atom stereocenters. The first kappa shape index (κ1) is 19.6. The van der Waals surface area contributed by atoms with Crippen LogP contribution in [0.25, 0.3) is 0 Å². The molecule has 1 unspecified atom stereocenters. The Morgan fingerprint density at radius 1 is 1.07 bits per heavy atom. The van der Waals surface area contributed by atoms with Gasteiger partial charge >= 0.3 is 6.03 Å². The topological polar surface area (TPSA) is 69.7 Å². The molecule has 1 aliphatic rings. The average Bonchev–Trinajstić information content (AvgIpc) is 2.88. The fraction of sp³-hybridized carbons (Fsp3) is 0.318. The van der Waals surface area contributed by atoms with Crippen LogP contribution < -0.4 is 5.32 Å². The molecule has 0 saturated carbocycles. The van der Waals surface area contributed by atoms with E-state index in [0.29, 0.717) is 12.1 Å². The molecule has 0 bridgehead atoms. The van der Waals surface area contributed by atoms with Crippen LogP contribution in [0.2, 0.25) is 0 Å². The number of urea groups is 1. The predicted octanol–water partition coefficient (Wildman–Crippen LogP) is 2.73. The first-order chi connectivity index (χ1) is 13.2. The Hall–Kier alpha value is -3.15. The Morgan fingerprint density at radius 3 is 2.36 bits per heavy atom. The number of hydrogen-bond donors (Lipinski definition) is 1. The molecule has 6 nitrogen and oxygen atoms in total. The van der Waals surface area contributed by atoms with Crippen molar-refractivity contribution >= 4 is 17.8 Å². The summed E-state index contributed by atoms with van der Waals surface area (Å²) in [6.45, 7) is 5.74. The summed E-state index contributed by atoms with van der Waals surface area (Å²) >= 11 is 0. The van der Waals surface area contributed by atoms with Crippen molar-refractivity contribution in [1.82, 2.24) is 15.1 Å². The average molecular weight is 379 g/mol. The van der Waals surface area contributed by atoms with Crippen molar-refractivity contribution in [3.8, 4) is 0 Å². The first-order valence-electron chi connectivity index (χ1n) is 9.22. The van der Waals surface area contributed by atoms with E-state index in [-0.39, 0.29) is 12.5 Å². The van der Waals surface area contributed by atoms with Gasteiger partial charge in [-0.1, -0.05) is 54.1 Å². The smallest absolute Gasteiger partial charge is 0.325 e. The quantitative estimate of drug-likeness (QED) is 0.812. The highest BCUT2D eigenvalue weighted by Crippen LogP contribution is 2.29. The molecule has 0 aromatic heterocycles. The molecule has 4 amide bonds. The summed E-state index contributed by atoms with van der Waals surface area (Å²) < 4.78 is 0. The summed E-state index contributed by atoms with van der Waals surface area (Å²) in [6, 6.07) is 14.7. The third-order valence-electron chi connectivity index (χ3n) is 5.29. The van der Waals surface area contributed by atoms with Gasteiger partial charge in [0.1, 0.15) is 12.1 Å². The van der Waals surface area contributed by atoms with Gasteiger partial charge < -0.3 is 10.2 Å². The maximum absolute atomic E-state index is 13.0. The van der Waals surface area contributed by atoms with Gasteiger partial charge in [0.05, 0.1) is 0 Å². The highest BCUT2D eigenvalue weighted by molar-refractivity contribution is 6.09. The zero-order valence-corrected chi connectivity index (χ0v) is 16.7. The summed E-state index contributed by atoms with van der Waals surface area (Å²) in [4.78, 5) is 40.6. The molecule has 0 spiro atoms. The molecule has 1 fully saturated rings. The van der Waals surface area contributed by atoms with Crippen molar-refractivity contribution in [3.63, 3.8) is 0 Å². The van der Waals surface area contributed by atoms with Crippen LogP contribution >= 0.6 is 0 Å². The van der Waals surface area contributed by atoms with Crippen molar-refractivity contribution in [2.45, 2.75) is 32.9 Å². The van der Waals surface area contributed by atoms with Gasteiger partial charge in [0, 0.05) is 13.6 Å². The lowest BCUT2D eigenvalue weighted by Gasteiger charge is -2.23. The molecule has 6 heteroatoms. The second kappa shape index (κ2) is 7.46. The summed E-state index contributed by atoms with van der Waals surface area (Å²) in [5.74, 6) is -0.709. The Balaban J connectivity index is 1.72. The van der Waals surface area contributed by atoms with Crippen molar-refractivity contribution < 1.29 is 14.4 Å². The van der Waals surface area contributed by atoms with E-state index in [9.17, 15) is 14.4 Å². The zero-order chi connectivity index (χ0) is 20.5. The molecule has 1 heterocycles. The Kier molecular flexibility index (Phi) is 5.23. The van der Waals surface area contributed by atoms with Gasteiger partial charge in [-0.2, -0.15) is 0 Å². The third-order valence-corrected chi connectivity index (χ3v) is 5.29. The zero-order valence-electron chi connectivity index (χ0n) is 16.7. The number of carbonyl (C=O) groups excluding carboxylic acids is 3. The summed E-state index contributed by atoms with van der Waals surface area (Å²) in [6.07, 6.45) is 0. The van der Waals surface area contributed by atoms with Crippen LogP contribution in [0, 0.1) is 13.8 Å². The maximum Gasteiger partial charge on any atom is 0.325 e. The van der Waals surface area contributed by atoms with E-state index in [1.165, 1.54) is 4.90 Å². The number of likely N-dealkylation sites (N-methyl/N-ethyl adjacent to an activating group) is 1. The van der Waals surface area contributed by atoms with Crippen LogP contribution in [0.4, 0.5) is 4.79 Å². The Bertz CT molecular complexity index is 923. The van der Waals surface area contributed by atoms with E-state index in [1.54, 1.807) is 14.0 Å². The molecular formula is C22H25N3O3. The van der Waals surface area contributed by atoms with Gasteiger partial charge in [0.15, 0.2) is 0 Å². The number of hydrogen-bond acceptors (Lipinski definition) is 3. The monoisotopic (exact) mass is 379 g/mol. The van der Waals surface area contributed by atoms with E-state index in [4.69, 9.17) is 0 Å². The SMILES string of the molecule is Cc1ccc(C2(C)NC(=O)N(CC(=O)N(C)Cc3ccccc3C)C2=O)cc1. The minimum Gasteiger partial charge on any atom is -0.340 e. The first-order valence-corrected chi connectivity index (χ1v) is 9.22. The fourth-order valence-corrected chi connectivity index (χ4v) is 3.31. The minimum absolute atomic E-state index is 0.283. The van der Waals surface area contributed by atoms with E-state index < -0.39 is 17.5 Å². The number of carbonyl (C=O) groups is 3. The molecule has 146 valence electrons. The van der Waals surface area contributed by atoms with Gasteiger partial charge in [0.25, 0.3) is 5.91 Å². The second-order valence-corrected chi connectivity index (χ2v) is 7.49. The molecule has 28 heavy (non-hydrogen) atoms. The molecule has 2 aromatic carbocycles. The fourth-order valence-electron chi connectivity index (χ4n) is 3.31. The van der Waals surface area contributed by atoms with Crippen molar-refractivity contribution in [2.24, 2.45) is 0 Å². The van der Waals surface area contributed by atoms with Gasteiger partial charge in [-0.25, -0.2) is 4.79 Å². The lowest BCUT2D eigenvalue weighted by atomic mass is 9.91. The second-order valence-electron chi connectivity index (χ2n) is 7.49. The van der Waals surface area contributed by atoms with Crippen LogP contribution in [0.3, 0.4) is 0 Å². The number of rotatable bonds is 5. The molecule has 0 aliphatic carbocycles. The molecular weight excluding hydrogens is 354 g/mol. The van der Waals surface area contributed by atoms with Crippen LogP contribution in [-0.4, -0.2) is 41.2 Å². The minimum atomic E-state index is -1.17. The van der Waals surface area contributed by atoms with E-state index >= 15 is 0 Å². The summed E-state index contributed by atoms with van der Waals surface area (Å²) in [5, 5.41) is 2.74. The summed E-state index contributed by atoms with van der Waals surface area (Å²) in [5.41, 5.74) is 2.71. The Morgan fingerprint density at radius 2 is 1.71 bits per heavy atom. The highest BCUT2D eigenvalue weighted by atomic mass is 16.2. The maximum atomic E-state index is 13.0. The number of aryl methyl sites for hydroxylation is 2. The molecule has 0 radical (unpaired) electrons. The van der Waals surface area contributed by atoms with Gasteiger partial charge in [-0.05, 0) is 37.5 Å². The largest absolute Gasteiger partial charge is 0.340 e. The normalized spacial score (nSPS) is 18.9. The highest BCUT2D eigenvalue weighted by Gasteiger charge is 2.49. The van der Waals surface area contributed by atoms with Gasteiger partial charge in [-0.15, -0.1) is 0 Å². The number of benzene rings is 2. The van der Waals surface area contributed by atoms with Crippen molar-refractivity contribution in [3.05, 3.63) is 70.8 Å². The van der Waals surface area contributed by atoms with E-state index in [1.807, 2.05) is 62.4 Å². The molecule has 1 saturated heterocycles. The van der Waals surface area contributed by atoms with Crippen LogP contribution in [-0.2, 0) is 21.7 Å². The van der Waals surface area contributed by atoms with E-state index in [0.717, 1.165) is 21.6 Å². The number of nitrogens with one attached hydrogen (secondary N) is 1. The Labute approximate surface area is 165 Å². The van der Waals surface area contributed by atoms with Crippen molar-refractivity contribution in [2.75, 3.05) is 13.6 Å². The standard InChI is InChI=1S/C22H25N3O3/c1-15-9-11-18(12-10-15)22(3)20(27)25(21(28)23-22)14-19(26)24(4)13-17-8-6-5-7-16(17)2/h5-12H,13-14H2,1-4H3,(H,23,28).